The molecule has 0 radical (unpaired) electrons. The van der Waals surface area contributed by atoms with Crippen molar-refractivity contribution in [3.8, 4) is 0 Å². The summed E-state index contributed by atoms with van der Waals surface area (Å²) in [6.45, 7) is 1.95. The van der Waals surface area contributed by atoms with Gasteiger partial charge in [-0.3, -0.25) is 4.79 Å². The fourth-order valence-electron chi connectivity index (χ4n) is 1.66. The second-order valence-electron chi connectivity index (χ2n) is 3.90. The molecule has 2 aromatic heterocycles. The molecule has 0 fully saturated rings. The lowest BCUT2D eigenvalue weighted by Crippen LogP contribution is -2.29. The van der Waals surface area contributed by atoms with E-state index in [0.717, 1.165) is 0 Å². The van der Waals surface area contributed by atoms with Crippen LogP contribution in [0.5, 0.6) is 0 Å². The molecular formula is C12H12Cl2N4O. The zero-order valence-electron chi connectivity index (χ0n) is 10.2. The number of imidazole rings is 1. The summed E-state index contributed by atoms with van der Waals surface area (Å²) >= 11 is 11.7. The van der Waals surface area contributed by atoms with Gasteiger partial charge in [0.25, 0.3) is 5.91 Å². The zero-order chi connectivity index (χ0) is 13.8. The highest BCUT2D eigenvalue weighted by molar-refractivity contribution is 6.35. The minimum Gasteiger partial charge on any atom is -0.347 e. The van der Waals surface area contributed by atoms with Crippen molar-refractivity contribution in [1.82, 2.24) is 20.3 Å². The van der Waals surface area contributed by atoms with Gasteiger partial charge in [-0.25, -0.2) is 9.97 Å². The first kappa shape index (κ1) is 13.8. The zero-order valence-corrected chi connectivity index (χ0v) is 11.7. The molecule has 2 N–H and O–H groups in total. The van der Waals surface area contributed by atoms with E-state index in [1.165, 1.54) is 12.3 Å². The lowest BCUT2D eigenvalue weighted by Gasteiger charge is -2.15. The summed E-state index contributed by atoms with van der Waals surface area (Å²) in [5.74, 6) is 0.393. The summed E-state index contributed by atoms with van der Waals surface area (Å²) in [6.07, 6.45) is 5.41. The Kier molecular flexibility index (Phi) is 4.39. The minimum absolute atomic E-state index is 0.203. The van der Waals surface area contributed by atoms with E-state index in [-0.39, 0.29) is 22.1 Å². The van der Waals surface area contributed by atoms with Crippen molar-refractivity contribution < 1.29 is 4.79 Å². The predicted molar refractivity (Wildman–Crippen MR) is 73.3 cm³/mol. The Morgan fingerprint density at radius 2 is 2.26 bits per heavy atom. The number of carbonyl (C=O) groups excluding carboxylic acids is 1. The Hall–Kier alpha value is -1.59. The van der Waals surface area contributed by atoms with Crippen LogP contribution in [0.1, 0.15) is 35.6 Å². The van der Waals surface area contributed by atoms with Crippen LogP contribution in [0.2, 0.25) is 10.2 Å². The summed E-state index contributed by atoms with van der Waals surface area (Å²) in [5, 5.41) is 3.33. The lowest BCUT2D eigenvalue weighted by atomic mass is 10.2. The van der Waals surface area contributed by atoms with Crippen molar-refractivity contribution in [2.75, 3.05) is 0 Å². The molecule has 1 atom stereocenters. The largest absolute Gasteiger partial charge is 0.347 e. The number of H-pyrrole nitrogens is 1. The van der Waals surface area contributed by atoms with Crippen LogP contribution in [0.15, 0.2) is 24.7 Å². The Morgan fingerprint density at radius 3 is 2.89 bits per heavy atom. The van der Waals surface area contributed by atoms with Crippen molar-refractivity contribution in [3.05, 3.63) is 46.2 Å². The van der Waals surface area contributed by atoms with Crippen molar-refractivity contribution >= 4 is 29.1 Å². The SMILES string of the molecule is CCC(NC(=O)c1cc(Cl)ncc1Cl)c1ncc[nH]1. The van der Waals surface area contributed by atoms with Crippen LogP contribution in [-0.2, 0) is 0 Å². The third-order valence-electron chi connectivity index (χ3n) is 2.63. The van der Waals surface area contributed by atoms with Crippen LogP contribution >= 0.6 is 23.2 Å². The van der Waals surface area contributed by atoms with Gasteiger partial charge in [0.05, 0.1) is 16.6 Å². The fraction of sp³-hybridized carbons (Fsp3) is 0.250. The number of pyridine rings is 1. The monoisotopic (exact) mass is 298 g/mol. The van der Waals surface area contributed by atoms with E-state index in [2.05, 4.69) is 20.3 Å². The molecule has 0 saturated carbocycles. The number of amides is 1. The van der Waals surface area contributed by atoms with Crippen molar-refractivity contribution in [2.45, 2.75) is 19.4 Å². The van der Waals surface area contributed by atoms with Crippen LogP contribution in [0.3, 0.4) is 0 Å². The number of rotatable bonds is 4. The van der Waals surface area contributed by atoms with Gasteiger partial charge >= 0.3 is 0 Å². The Bertz CT molecular complexity index is 571. The number of aromatic amines is 1. The number of hydrogen-bond donors (Lipinski definition) is 2. The van der Waals surface area contributed by atoms with E-state index in [4.69, 9.17) is 23.2 Å². The number of nitrogens with zero attached hydrogens (tertiary/aromatic N) is 2. The number of carbonyl (C=O) groups is 1. The second-order valence-corrected chi connectivity index (χ2v) is 4.69. The highest BCUT2D eigenvalue weighted by Crippen LogP contribution is 2.20. The molecule has 2 heterocycles. The van der Waals surface area contributed by atoms with E-state index in [1.807, 2.05) is 6.92 Å². The van der Waals surface area contributed by atoms with Gasteiger partial charge in [-0.15, -0.1) is 0 Å². The minimum atomic E-state index is -0.308. The first-order valence-electron chi connectivity index (χ1n) is 5.73. The van der Waals surface area contributed by atoms with Gasteiger partial charge in [0.2, 0.25) is 0 Å². The average molecular weight is 299 g/mol. The number of halogens is 2. The van der Waals surface area contributed by atoms with Gasteiger partial charge in [-0.1, -0.05) is 30.1 Å². The van der Waals surface area contributed by atoms with Crippen LogP contribution < -0.4 is 5.32 Å². The molecule has 0 aliphatic rings. The molecule has 100 valence electrons. The smallest absolute Gasteiger partial charge is 0.253 e. The van der Waals surface area contributed by atoms with Gasteiger partial charge in [0, 0.05) is 18.6 Å². The first-order valence-corrected chi connectivity index (χ1v) is 6.48. The highest BCUT2D eigenvalue weighted by Gasteiger charge is 2.18. The van der Waals surface area contributed by atoms with Crippen molar-refractivity contribution in [1.29, 1.82) is 0 Å². The topological polar surface area (TPSA) is 70.7 Å². The van der Waals surface area contributed by atoms with E-state index in [0.29, 0.717) is 17.8 Å². The van der Waals surface area contributed by atoms with Crippen LogP contribution in [0.4, 0.5) is 0 Å². The Morgan fingerprint density at radius 1 is 1.47 bits per heavy atom. The maximum atomic E-state index is 12.2. The molecule has 19 heavy (non-hydrogen) atoms. The first-order chi connectivity index (χ1) is 9.11. The number of hydrogen-bond acceptors (Lipinski definition) is 3. The lowest BCUT2D eigenvalue weighted by molar-refractivity contribution is 0.0934. The van der Waals surface area contributed by atoms with E-state index in [9.17, 15) is 4.79 Å². The molecule has 0 bridgehead atoms. The van der Waals surface area contributed by atoms with E-state index in [1.54, 1.807) is 12.4 Å². The summed E-state index contributed by atoms with van der Waals surface area (Å²) in [6, 6.07) is 1.24. The normalized spacial score (nSPS) is 12.2. The maximum Gasteiger partial charge on any atom is 0.253 e. The molecule has 0 aliphatic carbocycles. The molecule has 5 nitrogen and oxygen atoms in total. The number of aromatic nitrogens is 3. The second kappa shape index (κ2) is 6.04. The molecule has 1 unspecified atom stereocenters. The van der Waals surface area contributed by atoms with Gasteiger partial charge in [0.1, 0.15) is 11.0 Å². The molecule has 2 rings (SSSR count). The third-order valence-corrected chi connectivity index (χ3v) is 3.14. The average Bonchev–Trinajstić information content (AvgIpc) is 2.92. The quantitative estimate of drug-likeness (QED) is 0.853. The van der Waals surface area contributed by atoms with Crippen LogP contribution in [0.25, 0.3) is 0 Å². The van der Waals surface area contributed by atoms with Crippen LogP contribution in [-0.4, -0.2) is 20.9 Å². The third kappa shape index (κ3) is 3.24. The van der Waals surface area contributed by atoms with Crippen LogP contribution in [0, 0.1) is 0 Å². The molecular weight excluding hydrogens is 287 g/mol. The molecule has 0 aliphatic heterocycles. The predicted octanol–water partition coefficient (Wildman–Crippen LogP) is 2.99. The Labute approximate surface area is 120 Å². The number of nitrogens with one attached hydrogen (secondary N) is 2. The summed E-state index contributed by atoms with van der Waals surface area (Å²) in [5.41, 5.74) is 0.298. The van der Waals surface area contributed by atoms with Gasteiger partial charge in [-0.2, -0.15) is 0 Å². The molecule has 0 aromatic carbocycles. The maximum absolute atomic E-state index is 12.2. The van der Waals surface area contributed by atoms with Gasteiger partial charge in [0.15, 0.2) is 0 Å². The van der Waals surface area contributed by atoms with Crippen molar-refractivity contribution in [2.24, 2.45) is 0 Å². The summed E-state index contributed by atoms with van der Waals surface area (Å²) in [4.78, 5) is 23.1. The van der Waals surface area contributed by atoms with Gasteiger partial charge in [-0.05, 0) is 12.5 Å². The van der Waals surface area contributed by atoms with Crippen molar-refractivity contribution in [3.63, 3.8) is 0 Å². The molecule has 1 amide bonds. The Balaban J connectivity index is 2.18. The van der Waals surface area contributed by atoms with E-state index >= 15 is 0 Å². The van der Waals surface area contributed by atoms with Gasteiger partial charge < -0.3 is 10.3 Å². The van der Waals surface area contributed by atoms with E-state index < -0.39 is 0 Å². The molecule has 0 saturated heterocycles. The molecule has 0 spiro atoms. The molecule has 7 heteroatoms. The highest BCUT2D eigenvalue weighted by atomic mass is 35.5. The standard InChI is InChI=1S/C12H12Cl2N4O/c1-2-9(11-15-3-4-16-11)18-12(19)7-5-10(14)17-6-8(7)13/h3-6,9H,2H2,1H3,(H,15,16)(H,18,19). The fourth-order valence-corrected chi connectivity index (χ4v) is 2.00. The summed E-state index contributed by atoms with van der Waals surface area (Å²) < 4.78 is 0. The molecule has 2 aromatic rings. The summed E-state index contributed by atoms with van der Waals surface area (Å²) in [7, 11) is 0.